The molecule has 2 fully saturated rings. The normalized spacial score (nSPS) is 18.7. The molecule has 2 aliphatic heterocycles. The van der Waals surface area contributed by atoms with E-state index >= 15 is 0 Å². The molecule has 2 saturated heterocycles. The molecule has 2 N–H and O–H groups in total. The van der Waals surface area contributed by atoms with Gasteiger partial charge in [0, 0.05) is 61.7 Å². The summed E-state index contributed by atoms with van der Waals surface area (Å²) in [6.45, 7) is 4.00. The number of benzene rings is 2. The van der Waals surface area contributed by atoms with Gasteiger partial charge in [0.15, 0.2) is 0 Å². The second-order valence-electron chi connectivity index (χ2n) is 8.62. The maximum absolute atomic E-state index is 13.2. The quantitative estimate of drug-likeness (QED) is 0.603. The fourth-order valence-electron chi connectivity index (χ4n) is 4.39. The summed E-state index contributed by atoms with van der Waals surface area (Å²) in [5, 5.41) is 6.10. The second kappa shape index (κ2) is 11.4. The zero-order valence-electron chi connectivity index (χ0n) is 19.7. The van der Waals surface area contributed by atoms with E-state index in [9.17, 15) is 14.4 Å². The number of hydrogen-bond acceptors (Lipinski definition) is 6. The van der Waals surface area contributed by atoms with Gasteiger partial charge in [-0.15, -0.1) is 0 Å². The predicted molar refractivity (Wildman–Crippen MR) is 135 cm³/mol. The van der Waals surface area contributed by atoms with Crippen LogP contribution in [0.1, 0.15) is 6.42 Å². The van der Waals surface area contributed by atoms with Gasteiger partial charge >= 0.3 is 0 Å². The Morgan fingerprint density at radius 3 is 2.54 bits per heavy atom. The number of carbonyl (C=O) groups excluding carboxylic acids is 3. The molecule has 35 heavy (non-hydrogen) atoms. The smallest absolute Gasteiger partial charge is 0.243 e. The first kappa shape index (κ1) is 24.8. The Balaban J connectivity index is 1.32. The van der Waals surface area contributed by atoms with Gasteiger partial charge in [0.1, 0.15) is 11.8 Å². The summed E-state index contributed by atoms with van der Waals surface area (Å²) < 4.78 is 5.32. The van der Waals surface area contributed by atoms with Crippen molar-refractivity contribution < 1.29 is 19.1 Å². The molecule has 1 atom stereocenters. The number of anilines is 2. The first-order chi connectivity index (χ1) is 16.9. The van der Waals surface area contributed by atoms with Crippen LogP contribution in [-0.4, -0.2) is 86.5 Å². The van der Waals surface area contributed by atoms with Crippen molar-refractivity contribution in [2.24, 2.45) is 0 Å². The van der Waals surface area contributed by atoms with Crippen molar-refractivity contribution in [3.05, 3.63) is 53.6 Å². The first-order valence-electron chi connectivity index (χ1n) is 11.7. The summed E-state index contributed by atoms with van der Waals surface area (Å²) in [7, 11) is 1.65. The number of piperazine rings is 2. The summed E-state index contributed by atoms with van der Waals surface area (Å²) in [6.07, 6.45) is -0.107. The molecule has 0 bridgehead atoms. The van der Waals surface area contributed by atoms with Crippen LogP contribution in [-0.2, 0) is 14.4 Å². The Hall–Kier alpha value is -3.30. The highest BCUT2D eigenvalue weighted by molar-refractivity contribution is 6.30. The maximum Gasteiger partial charge on any atom is 0.243 e. The number of hydrogen-bond donors (Lipinski definition) is 2. The second-order valence-corrected chi connectivity index (χ2v) is 9.05. The van der Waals surface area contributed by atoms with Crippen LogP contribution in [0.25, 0.3) is 0 Å². The molecule has 186 valence electrons. The van der Waals surface area contributed by atoms with E-state index in [2.05, 4.69) is 26.5 Å². The molecule has 3 amide bonds. The fourth-order valence-corrected chi connectivity index (χ4v) is 4.52. The SMILES string of the molecule is COc1cccc(N2CCN(CC(=O)N3CCNC(=O)[C@@H]3CC(=O)Nc3ccc(Cl)cc3)CC2)c1. The van der Waals surface area contributed by atoms with Crippen LogP contribution in [0, 0.1) is 0 Å². The van der Waals surface area contributed by atoms with Gasteiger partial charge in [-0.2, -0.15) is 0 Å². The van der Waals surface area contributed by atoms with Crippen molar-refractivity contribution >= 4 is 40.7 Å². The van der Waals surface area contributed by atoms with E-state index in [1.807, 2.05) is 18.2 Å². The van der Waals surface area contributed by atoms with Crippen LogP contribution in [0.15, 0.2) is 48.5 Å². The molecule has 0 unspecified atom stereocenters. The van der Waals surface area contributed by atoms with Gasteiger partial charge in [0.05, 0.1) is 20.1 Å². The van der Waals surface area contributed by atoms with Gasteiger partial charge in [-0.3, -0.25) is 19.3 Å². The number of nitrogens with one attached hydrogen (secondary N) is 2. The third-order valence-electron chi connectivity index (χ3n) is 6.31. The predicted octanol–water partition coefficient (Wildman–Crippen LogP) is 1.83. The van der Waals surface area contributed by atoms with E-state index in [1.54, 1.807) is 31.4 Å². The topological polar surface area (TPSA) is 94.2 Å². The number of methoxy groups -OCH3 is 1. The monoisotopic (exact) mass is 499 g/mol. The van der Waals surface area contributed by atoms with E-state index < -0.39 is 6.04 Å². The zero-order chi connectivity index (χ0) is 24.8. The Morgan fingerprint density at radius 2 is 1.83 bits per heavy atom. The number of rotatable bonds is 7. The summed E-state index contributed by atoms with van der Waals surface area (Å²) in [5.74, 6) is 0.0337. The van der Waals surface area contributed by atoms with Crippen LogP contribution < -0.4 is 20.3 Å². The maximum atomic E-state index is 13.2. The lowest BCUT2D eigenvalue weighted by Gasteiger charge is -2.39. The van der Waals surface area contributed by atoms with E-state index in [-0.39, 0.29) is 30.7 Å². The molecule has 2 heterocycles. The molecule has 4 rings (SSSR count). The number of nitrogens with zero attached hydrogens (tertiary/aromatic N) is 3. The molecule has 0 radical (unpaired) electrons. The van der Waals surface area contributed by atoms with Crippen LogP contribution >= 0.6 is 11.6 Å². The lowest BCUT2D eigenvalue weighted by molar-refractivity contribution is -0.145. The van der Waals surface area contributed by atoms with Crippen molar-refractivity contribution in [1.82, 2.24) is 15.1 Å². The van der Waals surface area contributed by atoms with Crippen LogP contribution in [0.5, 0.6) is 5.75 Å². The lowest BCUT2D eigenvalue weighted by Crippen LogP contribution is -2.60. The van der Waals surface area contributed by atoms with E-state index in [0.29, 0.717) is 23.8 Å². The Morgan fingerprint density at radius 1 is 1.09 bits per heavy atom. The van der Waals surface area contributed by atoms with Gasteiger partial charge in [0.2, 0.25) is 17.7 Å². The lowest BCUT2D eigenvalue weighted by atomic mass is 10.1. The molecule has 10 heteroatoms. The average molecular weight is 500 g/mol. The van der Waals surface area contributed by atoms with Crippen LogP contribution in [0.3, 0.4) is 0 Å². The number of amides is 3. The average Bonchev–Trinajstić information content (AvgIpc) is 2.87. The highest BCUT2D eigenvalue weighted by Gasteiger charge is 2.35. The summed E-state index contributed by atoms with van der Waals surface area (Å²) in [6, 6.07) is 13.8. The minimum absolute atomic E-state index is 0.107. The summed E-state index contributed by atoms with van der Waals surface area (Å²) in [4.78, 5) is 44.2. The Labute approximate surface area is 210 Å². The van der Waals surface area contributed by atoms with Gasteiger partial charge in [-0.25, -0.2) is 0 Å². The zero-order valence-corrected chi connectivity index (χ0v) is 20.5. The molecule has 0 aromatic heterocycles. The van der Waals surface area contributed by atoms with Gasteiger partial charge < -0.3 is 25.2 Å². The highest BCUT2D eigenvalue weighted by Crippen LogP contribution is 2.22. The van der Waals surface area contributed by atoms with Crippen LogP contribution in [0.2, 0.25) is 5.02 Å². The van der Waals surface area contributed by atoms with Crippen molar-refractivity contribution in [2.45, 2.75) is 12.5 Å². The first-order valence-corrected chi connectivity index (χ1v) is 12.0. The summed E-state index contributed by atoms with van der Waals surface area (Å²) >= 11 is 5.89. The third-order valence-corrected chi connectivity index (χ3v) is 6.56. The highest BCUT2D eigenvalue weighted by atomic mass is 35.5. The van der Waals surface area contributed by atoms with Crippen molar-refractivity contribution in [3.63, 3.8) is 0 Å². The molecule has 9 nitrogen and oxygen atoms in total. The fraction of sp³-hybridized carbons (Fsp3) is 0.400. The van der Waals surface area contributed by atoms with Gasteiger partial charge in [-0.1, -0.05) is 17.7 Å². The van der Waals surface area contributed by atoms with Crippen LogP contribution in [0.4, 0.5) is 11.4 Å². The van der Waals surface area contributed by atoms with E-state index in [0.717, 1.165) is 37.6 Å². The number of halogens is 1. The minimum Gasteiger partial charge on any atom is -0.497 e. The van der Waals surface area contributed by atoms with Gasteiger partial charge in [0.25, 0.3) is 0 Å². The van der Waals surface area contributed by atoms with Crippen molar-refractivity contribution in [2.75, 3.05) is 63.1 Å². The molecule has 2 aromatic rings. The molecule has 0 aliphatic carbocycles. The van der Waals surface area contributed by atoms with Gasteiger partial charge in [-0.05, 0) is 36.4 Å². The minimum atomic E-state index is -0.832. The Kier molecular flexibility index (Phi) is 8.09. The molecule has 2 aromatic carbocycles. The third kappa shape index (κ3) is 6.43. The summed E-state index contributed by atoms with van der Waals surface area (Å²) in [5.41, 5.74) is 1.68. The van der Waals surface area contributed by atoms with E-state index in [1.165, 1.54) is 4.90 Å². The van der Waals surface area contributed by atoms with E-state index in [4.69, 9.17) is 16.3 Å². The largest absolute Gasteiger partial charge is 0.497 e. The molecule has 2 aliphatic rings. The molecule has 0 spiro atoms. The molecule has 0 saturated carbocycles. The van der Waals surface area contributed by atoms with Crippen molar-refractivity contribution in [3.8, 4) is 5.75 Å². The Bertz CT molecular complexity index is 1060. The number of ether oxygens (including phenoxy) is 1. The van der Waals surface area contributed by atoms with Crippen molar-refractivity contribution in [1.29, 1.82) is 0 Å². The standard InChI is InChI=1S/C25H30ClN5O4/c1-35-21-4-2-3-20(15-21)30-13-11-29(12-14-30)17-24(33)31-10-9-27-25(34)22(31)16-23(32)28-19-7-5-18(26)6-8-19/h2-8,15,22H,9-14,16-17H2,1H3,(H,27,34)(H,28,32)/t22-/m0/s1. The number of carbonyl (C=O) groups is 3. The molecular weight excluding hydrogens is 470 g/mol. The molecular formula is C25H30ClN5O4.